The van der Waals surface area contributed by atoms with E-state index in [0.29, 0.717) is 12.4 Å². The quantitative estimate of drug-likeness (QED) is 0.801. The first-order valence-electron chi connectivity index (χ1n) is 6.43. The Morgan fingerprint density at radius 3 is 2.83 bits per heavy atom. The lowest BCUT2D eigenvalue weighted by Gasteiger charge is -2.25. The minimum atomic E-state index is -0.916. The Hall–Kier alpha value is -1.71. The number of rotatable bonds is 1. The summed E-state index contributed by atoms with van der Waals surface area (Å²) in [6.45, 7) is 1.61. The van der Waals surface area contributed by atoms with Crippen LogP contribution in [0.4, 0.5) is 5.69 Å². The molecule has 0 radical (unpaired) electrons. The lowest BCUT2D eigenvalue weighted by atomic mass is 9.87. The number of hydrogen-bond acceptors (Lipinski definition) is 3. The van der Waals surface area contributed by atoms with Gasteiger partial charge in [0.2, 0.25) is 0 Å². The van der Waals surface area contributed by atoms with Gasteiger partial charge in [0.15, 0.2) is 0 Å². The number of benzene rings is 1. The fourth-order valence-corrected chi connectivity index (χ4v) is 2.93. The van der Waals surface area contributed by atoms with Gasteiger partial charge in [0.1, 0.15) is 5.75 Å². The van der Waals surface area contributed by atoms with Crippen LogP contribution in [-0.2, 0) is 0 Å². The molecule has 1 spiro atoms. The zero-order chi connectivity index (χ0) is 12.6. The van der Waals surface area contributed by atoms with E-state index < -0.39 is 5.97 Å². The van der Waals surface area contributed by atoms with Crippen LogP contribution in [0.1, 0.15) is 36.0 Å². The minimum absolute atomic E-state index is 0.238. The van der Waals surface area contributed by atoms with Crippen LogP contribution < -0.4 is 10.1 Å². The zero-order valence-electron chi connectivity index (χ0n) is 10.2. The van der Waals surface area contributed by atoms with Gasteiger partial charge in [0.25, 0.3) is 0 Å². The highest BCUT2D eigenvalue weighted by molar-refractivity contribution is 5.89. The van der Waals surface area contributed by atoms with Gasteiger partial charge in [-0.2, -0.15) is 0 Å². The van der Waals surface area contributed by atoms with E-state index in [0.717, 1.165) is 12.2 Å². The van der Waals surface area contributed by atoms with Crippen molar-refractivity contribution in [1.82, 2.24) is 0 Å². The Kier molecular flexibility index (Phi) is 2.65. The first-order valence-corrected chi connectivity index (χ1v) is 6.43. The van der Waals surface area contributed by atoms with Crippen molar-refractivity contribution in [2.24, 2.45) is 5.41 Å². The lowest BCUT2D eigenvalue weighted by molar-refractivity contribution is 0.0696. The Morgan fingerprint density at radius 2 is 2.11 bits per heavy atom. The molecule has 96 valence electrons. The molecule has 0 unspecified atom stereocenters. The number of fused-ring (bicyclic) bond motifs is 1. The number of carbonyl (C=O) groups is 1. The van der Waals surface area contributed by atoms with Crippen molar-refractivity contribution >= 4 is 11.7 Å². The molecule has 4 nitrogen and oxygen atoms in total. The van der Waals surface area contributed by atoms with Crippen molar-refractivity contribution in [3.63, 3.8) is 0 Å². The lowest BCUT2D eigenvalue weighted by Crippen LogP contribution is -2.30. The van der Waals surface area contributed by atoms with E-state index in [1.54, 1.807) is 18.2 Å². The molecule has 0 bridgehead atoms. The molecule has 1 aromatic carbocycles. The standard InChI is InChI=1S/C14H17NO3/c16-13(17)10-3-4-11-12(7-10)18-9-14(8-15-11)5-1-2-6-14/h3-4,7,15H,1-2,5-6,8-9H2,(H,16,17). The van der Waals surface area contributed by atoms with Crippen molar-refractivity contribution in [3.05, 3.63) is 23.8 Å². The maximum absolute atomic E-state index is 10.9. The van der Waals surface area contributed by atoms with Gasteiger partial charge < -0.3 is 15.2 Å². The maximum atomic E-state index is 10.9. The summed E-state index contributed by atoms with van der Waals surface area (Å²) in [7, 11) is 0. The summed E-state index contributed by atoms with van der Waals surface area (Å²) in [6, 6.07) is 5.02. The molecule has 1 aromatic rings. The SMILES string of the molecule is O=C(O)c1ccc2c(c1)OCC1(CCCC1)CN2. The van der Waals surface area contributed by atoms with Crippen molar-refractivity contribution in [3.8, 4) is 5.75 Å². The van der Waals surface area contributed by atoms with Crippen LogP contribution in [0.2, 0.25) is 0 Å². The molecule has 0 atom stereocenters. The van der Waals surface area contributed by atoms with Gasteiger partial charge in [-0.15, -0.1) is 0 Å². The van der Waals surface area contributed by atoms with Gasteiger partial charge in [0, 0.05) is 12.0 Å². The summed E-state index contributed by atoms with van der Waals surface area (Å²) in [5, 5.41) is 12.4. The van der Waals surface area contributed by atoms with E-state index >= 15 is 0 Å². The molecule has 0 amide bonds. The molecule has 2 aliphatic rings. The maximum Gasteiger partial charge on any atom is 0.335 e. The third kappa shape index (κ3) is 1.92. The highest BCUT2D eigenvalue weighted by atomic mass is 16.5. The smallest absolute Gasteiger partial charge is 0.335 e. The highest BCUT2D eigenvalue weighted by Gasteiger charge is 2.36. The van der Waals surface area contributed by atoms with Crippen LogP contribution in [0.5, 0.6) is 5.75 Å². The topological polar surface area (TPSA) is 58.6 Å². The summed E-state index contributed by atoms with van der Waals surface area (Å²) in [4.78, 5) is 10.9. The van der Waals surface area contributed by atoms with Gasteiger partial charge in [-0.25, -0.2) is 4.79 Å². The van der Waals surface area contributed by atoms with Crippen LogP contribution >= 0.6 is 0 Å². The van der Waals surface area contributed by atoms with Crippen molar-refractivity contribution < 1.29 is 14.6 Å². The number of anilines is 1. The Labute approximate surface area is 106 Å². The monoisotopic (exact) mass is 247 g/mol. The highest BCUT2D eigenvalue weighted by Crippen LogP contribution is 2.42. The zero-order valence-corrected chi connectivity index (χ0v) is 10.2. The van der Waals surface area contributed by atoms with E-state index in [-0.39, 0.29) is 11.0 Å². The predicted octanol–water partition coefficient (Wildman–Crippen LogP) is 2.75. The van der Waals surface area contributed by atoms with E-state index in [1.807, 2.05) is 0 Å². The molecule has 1 saturated carbocycles. The van der Waals surface area contributed by atoms with Crippen LogP contribution in [0, 0.1) is 5.41 Å². The molecule has 0 aromatic heterocycles. The van der Waals surface area contributed by atoms with E-state index in [9.17, 15) is 4.79 Å². The number of nitrogens with one attached hydrogen (secondary N) is 1. The second-order valence-electron chi connectivity index (χ2n) is 5.37. The molecule has 3 rings (SSSR count). The summed E-state index contributed by atoms with van der Waals surface area (Å²) in [6.07, 6.45) is 4.92. The molecule has 1 fully saturated rings. The number of carboxylic acids is 1. The van der Waals surface area contributed by atoms with Crippen molar-refractivity contribution in [2.45, 2.75) is 25.7 Å². The first kappa shape index (κ1) is 11.4. The Balaban J connectivity index is 1.87. The van der Waals surface area contributed by atoms with Gasteiger partial charge in [-0.1, -0.05) is 12.8 Å². The fraction of sp³-hybridized carbons (Fsp3) is 0.500. The average molecular weight is 247 g/mol. The second-order valence-corrected chi connectivity index (χ2v) is 5.37. The largest absolute Gasteiger partial charge is 0.491 e. The normalized spacial score (nSPS) is 20.7. The summed E-state index contributed by atoms with van der Waals surface area (Å²) >= 11 is 0. The number of carboxylic acid groups (broad SMARTS) is 1. The number of ether oxygens (including phenoxy) is 1. The average Bonchev–Trinajstić information content (AvgIpc) is 2.75. The first-order chi connectivity index (χ1) is 8.69. The van der Waals surface area contributed by atoms with Crippen molar-refractivity contribution in [2.75, 3.05) is 18.5 Å². The van der Waals surface area contributed by atoms with Crippen LogP contribution in [-0.4, -0.2) is 24.2 Å². The molecular formula is C14H17NO3. The van der Waals surface area contributed by atoms with E-state index in [2.05, 4.69) is 5.32 Å². The van der Waals surface area contributed by atoms with E-state index in [1.165, 1.54) is 25.7 Å². The van der Waals surface area contributed by atoms with Crippen LogP contribution in [0.15, 0.2) is 18.2 Å². The molecule has 18 heavy (non-hydrogen) atoms. The van der Waals surface area contributed by atoms with Gasteiger partial charge in [-0.3, -0.25) is 0 Å². The molecule has 0 saturated heterocycles. The van der Waals surface area contributed by atoms with Crippen LogP contribution in [0.3, 0.4) is 0 Å². The van der Waals surface area contributed by atoms with Gasteiger partial charge in [0.05, 0.1) is 17.9 Å². The molecule has 1 aliphatic carbocycles. The molecule has 4 heteroatoms. The van der Waals surface area contributed by atoms with Gasteiger partial charge in [-0.05, 0) is 31.0 Å². The minimum Gasteiger partial charge on any atom is -0.491 e. The summed E-state index contributed by atoms with van der Waals surface area (Å²) in [5.74, 6) is -0.250. The third-order valence-electron chi connectivity index (χ3n) is 4.08. The Bertz CT molecular complexity index is 478. The van der Waals surface area contributed by atoms with Gasteiger partial charge >= 0.3 is 5.97 Å². The molecule has 1 heterocycles. The second kappa shape index (κ2) is 4.19. The fourth-order valence-electron chi connectivity index (χ4n) is 2.93. The molecule has 1 aliphatic heterocycles. The predicted molar refractivity (Wildman–Crippen MR) is 68.3 cm³/mol. The number of aromatic carboxylic acids is 1. The molecular weight excluding hydrogens is 230 g/mol. The number of hydrogen-bond donors (Lipinski definition) is 2. The summed E-state index contributed by atoms with van der Waals surface area (Å²) < 4.78 is 5.85. The van der Waals surface area contributed by atoms with Crippen molar-refractivity contribution in [1.29, 1.82) is 0 Å². The van der Waals surface area contributed by atoms with E-state index in [4.69, 9.17) is 9.84 Å². The summed E-state index contributed by atoms with van der Waals surface area (Å²) in [5.41, 5.74) is 1.42. The third-order valence-corrected chi connectivity index (χ3v) is 4.08. The Morgan fingerprint density at radius 1 is 1.33 bits per heavy atom. The molecule has 2 N–H and O–H groups in total. The van der Waals surface area contributed by atoms with Crippen LogP contribution in [0.25, 0.3) is 0 Å².